The molecule has 1 N–H and O–H groups in total. The summed E-state index contributed by atoms with van der Waals surface area (Å²) in [5.41, 5.74) is 3.10. The van der Waals surface area contributed by atoms with Gasteiger partial charge < -0.3 is 5.32 Å². The summed E-state index contributed by atoms with van der Waals surface area (Å²) >= 11 is 7.22. The van der Waals surface area contributed by atoms with Crippen LogP contribution in [0.15, 0.2) is 89.5 Å². The number of carbonyl (C=O) groups excluding carboxylic acids is 2. The molecule has 0 aromatic heterocycles. The monoisotopic (exact) mass is 473 g/mol. The highest BCUT2D eigenvalue weighted by atomic mass is 35.5. The maximum atomic E-state index is 13.4. The van der Waals surface area contributed by atoms with Crippen molar-refractivity contribution in [3.8, 4) is 6.07 Å². The fourth-order valence-corrected chi connectivity index (χ4v) is 4.90. The zero-order chi connectivity index (χ0) is 23.4. The molecule has 5 nitrogen and oxygen atoms in total. The first-order valence-electron chi connectivity index (χ1n) is 10.3. The van der Waals surface area contributed by atoms with E-state index in [4.69, 9.17) is 11.6 Å². The van der Waals surface area contributed by atoms with Gasteiger partial charge in [-0.2, -0.15) is 5.26 Å². The molecule has 1 aliphatic rings. The Kier molecular flexibility index (Phi) is 6.83. The van der Waals surface area contributed by atoms with Crippen LogP contribution in [0, 0.1) is 18.3 Å². The Labute approximate surface area is 201 Å². The zero-order valence-corrected chi connectivity index (χ0v) is 19.4. The number of carbonyl (C=O) groups is 2. The molecule has 2 amide bonds. The van der Waals surface area contributed by atoms with Gasteiger partial charge in [0.1, 0.15) is 16.7 Å². The van der Waals surface area contributed by atoms with Crippen molar-refractivity contribution < 1.29 is 9.59 Å². The first kappa shape index (κ1) is 22.7. The predicted molar refractivity (Wildman–Crippen MR) is 133 cm³/mol. The van der Waals surface area contributed by atoms with Gasteiger partial charge in [0.25, 0.3) is 5.91 Å². The second-order valence-corrected chi connectivity index (χ2v) is 9.19. The van der Waals surface area contributed by atoms with Crippen LogP contribution in [0.1, 0.15) is 11.1 Å². The van der Waals surface area contributed by atoms with E-state index in [0.29, 0.717) is 27.8 Å². The van der Waals surface area contributed by atoms with Crippen LogP contribution >= 0.6 is 23.4 Å². The quantitative estimate of drug-likeness (QED) is 0.380. The second-order valence-electron chi connectivity index (χ2n) is 7.56. The molecular formula is C26H20ClN3O2S. The van der Waals surface area contributed by atoms with Gasteiger partial charge in [0, 0.05) is 16.4 Å². The van der Waals surface area contributed by atoms with E-state index in [1.54, 1.807) is 36.4 Å². The first-order valence-corrected chi connectivity index (χ1v) is 11.5. The molecule has 3 aromatic rings. The van der Waals surface area contributed by atoms with Crippen molar-refractivity contribution in [2.24, 2.45) is 0 Å². The van der Waals surface area contributed by atoms with Gasteiger partial charge in [0.05, 0.1) is 5.25 Å². The third kappa shape index (κ3) is 5.11. The Balaban J connectivity index is 1.70. The number of aryl methyl sites for hydroxylation is 1. The topological polar surface area (TPSA) is 73.2 Å². The number of benzene rings is 3. The number of nitrogens with one attached hydrogen (secondary N) is 1. The van der Waals surface area contributed by atoms with Crippen LogP contribution in [0.4, 0.5) is 11.4 Å². The van der Waals surface area contributed by atoms with Crippen LogP contribution in [0.3, 0.4) is 0 Å². The van der Waals surface area contributed by atoms with Gasteiger partial charge in [-0.3, -0.25) is 14.5 Å². The van der Waals surface area contributed by atoms with E-state index in [1.807, 2.05) is 55.5 Å². The van der Waals surface area contributed by atoms with Crippen LogP contribution < -0.4 is 10.2 Å². The highest BCUT2D eigenvalue weighted by Crippen LogP contribution is 2.42. The van der Waals surface area contributed by atoms with E-state index in [0.717, 1.165) is 11.1 Å². The molecule has 33 heavy (non-hydrogen) atoms. The summed E-state index contributed by atoms with van der Waals surface area (Å²) in [7, 11) is 0. The lowest BCUT2D eigenvalue weighted by Crippen LogP contribution is -2.30. The highest BCUT2D eigenvalue weighted by Gasteiger charge is 2.40. The van der Waals surface area contributed by atoms with Crippen molar-refractivity contribution >= 4 is 46.6 Å². The molecule has 1 saturated heterocycles. The molecule has 1 fully saturated rings. The van der Waals surface area contributed by atoms with Crippen molar-refractivity contribution in [2.75, 3.05) is 10.2 Å². The number of thioether (sulfide) groups is 1. The van der Waals surface area contributed by atoms with Crippen LogP contribution in [0.2, 0.25) is 5.02 Å². The van der Waals surface area contributed by atoms with Crippen molar-refractivity contribution in [2.45, 2.75) is 18.6 Å². The molecule has 1 unspecified atom stereocenters. The van der Waals surface area contributed by atoms with Gasteiger partial charge in [-0.25, -0.2) is 0 Å². The van der Waals surface area contributed by atoms with Crippen LogP contribution in [0.25, 0.3) is 0 Å². The molecule has 1 atom stereocenters. The van der Waals surface area contributed by atoms with E-state index in [2.05, 4.69) is 5.32 Å². The smallest absolute Gasteiger partial charge is 0.269 e. The minimum atomic E-state index is -0.551. The normalized spacial score (nSPS) is 16.9. The lowest BCUT2D eigenvalue weighted by molar-refractivity contribution is -0.117. The summed E-state index contributed by atoms with van der Waals surface area (Å²) in [5.74, 6) is -0.725. The van der Waals surface area contributed by atoms with Gasteiger partial charge in [-0.05, 0) is 55.3 Å². The van der Waals surface area contributed by atoms with Gasteiger partial charge in [-0.15, -0.1) is 0 Å². The molecule has 1 heterocycles. The fraction of sp³-hybridized carbons (Fsp3) is 0.115. The van der Waals surface area contributed by atoms with Crippen LogP contribution in [-0.4, -0.2) is 17.1 Å². The molecule has 0 spiro atoms. The number of amides is 2. The largest absolute Gasteiger partial charge is 0.321 e. The minimum absolute atomic E-state index is 0.101. The number of hydrogen-bond donors (Lipinski definition) is 1. The summed E-state index contributed by atoms with van der Waals surface area (Å²) in [5, 5.41) is 13.1. The number of nitrogens with zero attached hydrogens (tertiary/aromatic N) is 2. The number of halogens is 1. The average molecular weight is 474 g/mol. The number of hydrogen-bond acceptors (Lipinski definition) is 4. The third-order valence-electron chi connectivity index (χ3n) is 5.16. The Morgan fingerprint density at radius 3 is 2.36 bits per heavy atom. The summed E-state index contributed by atoms with van der Waals surface area (Å²) in [6.45, 7) is 1.95. The molecule has 164 valence electrons. The Hall–Kier alpha value is -3.53. The molecule has 0 bridgehead atoms. The van der Waals surface area contributed by atoms with Gasteiger partial charge in [0.2, 0.25) is 5.91 Å². The van der Waals surface area contributed by atoms with Gasteiger partial charge in [0.15, 0.2) is 0 Å². The molecular weight excluding hydrogens is 454 g/mol. The first-order chi connectivity index (χ1) is 16.0. The van der Waals surface area contributed by atoms with E-state index in [9.17, 15) is 14.9 Å². The number of anilines is 2. The maximum Gasteiger partial charge on any atom is 0.269 e. The van der Waals surface area contributed by atoms with Crippen molar-refractivity contribution in [3.63, 3.8) is 0 Å². The maximum absolute atomic E-state index is 13.4. The van der Waals surface area contributed by atoms with Crippen LogP contribution in [0.5, 0.6) is 0 Å². The lowest BCUT2D eigenvalue weighted by atomic mass is 10.1. The zero-order valence-electron chi connectivity index (χ0n) is 17.8. The number of nitriles is 1. The van der Waals surface area contributed by atoms with E-state index >= 15 is 0 Å². The Bertz CT molecular complexity index is 1250. The SMILES string of the molecule is Cc1ccc(NC(=O)C(C#N)=C2SC(Cc3ccc(Cl)cc3)C(=O)N2c2ccccc2)cc1. The summed E-state index contributed by atoms with van der Waals surface area (Å²) in [6.07, 6.45) is 0.450. The average Bonchev–Trinajstić information content (AvgIpc) is 3.13. The molecule has 0 aliphatic carbocycles. The molecule has 4 rings (SSSR count). The van der Waals surface area contributed by atoms with E-state index < -0.39 is 11.2 Å². The van der Waals surface area contributed by atoms with Crippen molar-refractivity contribution in [3.05, 3.63) is 106 Å². The minimum Gasteiger partial charge on any atom is -0.321 e. The third-order valence-corrected chi connectivity index (χ3v) is 6.68. The standard InChI is InChI=1S/C26H20ClN3O2S/c1-17-7-13-20(14-8-17)29-24(31)22(16-28)26-30(21-5-3-2-4-6-21)25(32)23(33-26)15-18-9-11-19(27)12-10-18/h2-14,23H,15H2,1H3,(H,29,31). The van der Waals surface area contributed by atoms with Crippen molar-refractivity contribution in [1.29, 1.82) is 5.26 Å². The fourth-order valence-electron chi connectivity index (χ4n) is 3.46. The molecule has 0 saturated carbocycles. The van der Waals surface area contributed by atoms with Crippen molar-refractivity contribution in [1.82, 2.24) is 0 Å². The molecule has 0 radical (unpaired) electrons. The Morgan fingerprint density at radius 1 is 1.06 bits per heavy atom. The molecule has 3 aromatic carbocycles. The van der Waals surface area contributed by atoms with Gasteiger partial charge >= 0.3 is 0 Å². The summed E-state index contributed by atoms with van der Waals surface area (Å²) in [4.78, 5) is 27.9. The lowest BCUT2D eigenvalue weighted by Gasteiger charge is -2.18. The van der Waals surface area contributed by atoms with E-state index in [-0.39, 0.29) is 11.5 Å². The predicted octanol–water partition coefficient (Wildman–Crippen LogP) is 5.71. The van der Waals surface area contributed by atoms with Gasteiger partial charge in [-0.1, -0.05) is 71.4 Å². The second kappa shape index (κ2) is 9.95. The number of para-hydroxylation sites is 1. The molecule has 7 heteroatoms. The Morgan fingerprint density at radius 2 is 1.73 bits per heavy atom. The van der Waals surface area contributed by atoms with Crippen LogP contribution in [-0.2, 0) is 16.0 Å². The van der Waals surface area contributed by atoms with E-state index in [1.165, 1.54) is 16.7 Å². The molecule has 1 aliphatic heterocycles. The number of rotatable bonds is 5. The highest BCUT2D eigenvalue weighted by molar-refractivity contribution is 8.05. The summed E-state index contributed by atoms with van der Waals surface area (Å²) in [6, 6.07) is 25.7. The summed E-state index contributed by atoms with van der Waals surface area (Å²) < 4.78 is 0.